The van der Waals surface area contributed by atoms with Crippen molar-refractivity contribution >= 4 is 11.0 Å². The lowest BCUT2D eigenvalue weighted by Crippen LogP contribution is -2.15. The molecule has 1 heterocycles. The molecule has 6 nitrogen and oxygen atoms in total. The fourth-order valence-electron chi connectivity index (χ4n) is 3.35. The first-order valence-corrected chi connectivity index (χ1v) is 8.95. The Hall–Kier alpha value is -3.67. The number of aryl methyl sites for hydroxylation is 2. The second-order valence-electron chi connectivity index (χ2n) is 6.60. The fraction of sp³-hybridized carbons (Fsp3) is 0.136. The average molecular weight is 376 g/mol. The molecule has 0 aliphatic heterocycles. The number of phenolic OH excluding ortho intramolecular Hbond substituents is 2. The molecule has 0 saturated heterocycles. The summed E-state index contributed by atoms with van der Waals surface area (Å²) < 4.78 is 6.58. The molecule has 0 spiro atoms. The second kappa shape index (κ2) is 7.15. The lowest BCUT2D eigenvalue weighted by Gasteiger charge is -2.11. The molecule has 3 aromatic carbocycles. The van der Waals surface area contributed by atoms with Crippen molar-refractivity contribution in [3.05, 3.63) is 82.3 Å². The molecule has 0 fully saturated rings. The highest BCUT2D eigenvalue weighted by Crippen LogP contribution is 2.32. The summed E-state index contributed by atoms with van der Waals surface area (Å²) in [5.41, 5.74) is 3.09. The Morgan fingerprint density at radius 2 is 1.71 bits per heavy atom. The minimum absolute atomic E-state index is 0.00246. The summed E-state index contributed by atoms with van der Waals surface area (Å²) in [7, 11) is 1.62. The van der Waals surface area contributed by atoms with Crippen LogP contribution in [0.2, 0.25) is 0 Å². The number of fused-ring (bicyclic) bond motifs is 1. The highest BCUT2D eigenvalue weighted by molar-refractivity contribution is 5.78. The van der Waals surface area contributed by atoms with Crippen LogP contribution in [-0.4, -0.2) is 26.9 Å². The molecule has 0 radical (unpaired) electrons. The number of H-pyrrole nitrogens is 1. The number of methoxy groups -OCH3 is 1. The van der Waals surface area contributed by atoms with Crippen molar-refractivity contribution in [1.29, 1.82) is 0 Å². The molecular weight excluding hydrogens is 356 g/mol. The number of phenols is 2. The molecule has 142 valence electrons. The number of ether oxygens (including phenoxy) is 1. The van der Waals surface area contributed by atoms with Gasteiger partial charge >= 0.3 is 5.69 Å². The topological polar surface area (TPSA) is 87.5 Å². The minimum atomic E-state index is -0.344. The van der Waals surface area contributed by atoms with E-state index in [0.717, 1.165) is 11.3 Å². The molecule has 6 heteroatoms. The van der Waals surface area contributed by atoms with Gasteiger partial charge in [0.2, 0.25) is 0 Å². The van der Waals surface area contributed by atoms with Gasteiger partial charge in [-0.1, -0.05) is 24.3 Å². The van der Waals surface area contributed by atoms with E-state index in [1.165, 1.54) is 10.6 Å². The molecule has 4 aromatic rings. The van der Waals surface area contributed by atoms with Crippen molar-refractivity contribution in [2.45, 2.75) is 12.8 Å². The maximum absolute atomic E-state index is 12.4. The van der Waals surface area contributed by atoms with Crippen LogP contribution in [-0.2, 0) is 12.8 Å². The Morgan fingerprint density at radius 3 is 2.46 bits per heavy atom. The largest absolute Gasteiger partial charge is 0.508 e. The minimum Gasteiger partial charge on any atom is -0.508 e. The predicted molar refractivity (Wildman–Crippen MR) is 108 cm³/mol. The van der Waals surface area contributed by atoms with Gasteiger partial charge < -0.3 is 19.9 Å². The highest BCUT2D eigenvalue weighted by atomic mass is 16.5. The Labute approximate surface area is 161 Å². The van der Waals surface area contributed by atoms with Gasteiger partial charge in [-0.3, -0.25) is 4.57 Å². The first kappa shape index (κ1) is 17.7. The maximum Gasteiger partial charge on any atom is 0.331 e. The third kappa shape index (κ3) is 3.20. The van der Waals surface area contributed by atoms with E-state index in [2.05, 4.69) is 4.98 Å². The molecule has 0 aliphatic carbocycles. The van der Waals surface area contributed by atoms with Crippen LogP contribution in [0, 0.1) is 0 Å². The van der Waals surface area contributed by atoms with Gasteiger partial charge in [0.15, 0.2) is 0 Å². The van der Waals surface area contributed by atoms with E-state index in [9.17, 15) is 15.0 Å². The smallest absolute Gasteiger partial charge is 0.331 e. The number of nitrogens with one attached hydrogen (secondary N) is 1. The number of hydrogen-bond donors (Lipinski definition) is 3. The van der Waals surface area contributed by atoms with E-state index in [0.29, 0.717) is 35.1 Å². The van der Waals surface area contributed by atoms with Crippen LogP contribution in [0.5, 0.6) is 17.2 Å². The van der Waals surface area contributed by atoms with Crippen LogP contribution < -0.4 is 10.4 Å². The maximum atomic E-state index is 12.4. The van der Waals surface area contributed by atoms with Crippen molar-refractivity contribution in [2.24, 2.45) is 0 Å². The Kier molecular flexibility index (Phi) is 4.53. The van der Waals surface area contributed by atoms with E-state index in [1.54, 1.807) is 25.3 Å². The summed E-state index contributed by atoms with van der Waals surface area (Å²) in [6, 6.07) is 17.9. The van der Waals surface area contributed by atoms with Gasteiger partial charge in [-0.2, -0.15) is 0 Å². The summed E-state index contributed by atoms with van der Waals surface area (Å²) >= 11 is 0. The average Bonchev–Trinajstić information content (AvgIpc) is 3.03. The van der Waals surface area contributed by atoms with Crippen molar-refractivity contribution in [2.75, 3.05) is 7.11 Å². The summed E-state index contributed by atoms with van der Waals surface area (Å²) in [6.45, 7) is 0. The lowest BCUT2D eigenvalue weighted by atomic mass is 10.0. The number of aromatic hydroxyl groups is 2. The molecule has 0 saturated carbocycles. The van der Waals surface area contributed by atoms with Crippen molar-refractivity contribution < 1.29 is 14.9 Å². The van der Waals surface area contributed by atoms with Crippen LogP contribution >= 0.6 is 0 Å². The molecule has 0 bridgehead atoms. The van der Waals surface area contributed by atoms with Gasteiger partial charge in [-0.25, -0.2) is 4.79 Å². The Morgan fingerprint density at radius 1 is 0.964 bits per heavy atom. The molecule has 0 unspecified atom stereocenters. The third-order valence-corrected chi connectivity index (χ3v) is 4.85. The van der Waals surface area contributed by atoms with E-state index in [-0.39, 0.29) is 17.2 Å². The van der Waals surface area contributed by atoms with Gasteiger partial charge in [0.05, 0.1) is 23.8 Å². The van der Waals surface area contributed by atoms with Crippen LogP contribution in [0.1, 0.15) is 11.1 Å². The molecule has 0 aliphatic rings. The molecular formula is C22H20N2O4. The number of hydrogen-bond acceptors (Lipinski definition) is 4. The number of rotatable bonds is 5. The van der Waals surface area contributed by atoms with Crippen LogP contribution in [0.4, 0.5) is 0 Å². The Balaban J connectivity index is 1.70. The summed E-state index contributed by atoms with van der Waals surface area (Å²) in [5.74, 6) is 0.637. The van der Waals surface area contributed by atoms with Crippen LogP contribution in [0.15, 0.2) is 65.5 Å². The van der Waals surface area contributed by atoms with E-state index >= 15 is 0 Å². The van der Waals surface area contributed by atoms with E-state index in [4.69, 9.17) is 4.74 Å². The summed E-state index contributed by atoms with van der Waals surface area (Å²) in [6.07, 6.45) is 1.26. The zero-order valence-corrected chi connectivity index (χ0v) is 15.3. The zero-order chi connectivity index (χ0) is 19.7. The van der Waals surface area contributed by atoms with E-state index < -0.39 is 0 Å². The number of imidazole rings is 1. The standard InChI is InChI=1S/C22H20N2O4/c1-28-16-10-7-14(8-11-16)6-9-15-12-19(21(26)13-20(15)25)24-18-5-3-2-4-17(18)23-22(24)27/h2-5,7-8,10-13,25-26H,6,9H2,1H3,(H,23,27). The number of benzene rings is 3. The number of aromatic nitrogens is 2. The SMILES string of the molecule is COc1ccc(CCc2cc(-n3c(=O)[nH]c4ccccc43)c(O)cc2O)cc1. The predicted octanol–water partition coefficient (Wildman–Crippen LogP) is 3.52. The summed E-state index contributed by atoms with van der Waals surface area (Å²) in [4.78, 5) is 15.2. The quantitative estimate of drug-likeness (QED) is 0.497. The monoisotopic (exact) mass is 376 g/mol. The third-order valence-electron chi connectivity index (χ3n) is 4.85. The molecule has 4 rings (SSSR count). The second-order valence-corrected chi connectivity index (χ2v) is 6.60. The van der Waals surface area contributed by atoms with Gasteiger partial charge in [0, 0.05) is 6.07 Å². The first-order valence-electron chi connectivity index (χ1n) is 8.95. The molecule has 28 heavy (non-hydrogen) atoms. The fourth-order valence-corrected chi connectivity index (χ4v) is 3.35. The number of nitrogens with zero attached hydrogens (tertiary/aromatic N) is 1. The highest BCUT2D eigenvalue weighted by Gasteiger charge is 2.15. The van der Waals surface area contributed by atoms with Crippen molar-refractivity contribution in [1.82, 2.24) is 9.55 Å². The van der Waals surface area contributed by atoms with Crippen molar-refractivity contribution in [3.63, 3.8) is 0 Å². The molecule has 0 amide bonds. The van der Waals surface area contributed by atoms with Crippen LogP contribution in [0.25, 0.3) is 16.7 Å². The van der Waals surface area contributed by atoms with Gasteiger partial charge in [-0.05, 0) is 54.3 Å². The van der Waals surface area contributed by atoms with Gasteiger partial charge in [-0.15, -0.1) is 0 Å². The molecule has 0 atom stereocenters. The number of para-hydroxylation sites is 2. The van der Waals surface area contributed by atoms with Gasteiger partial charge in [0.1, 0.15) is 17.2 Å². The summed E-state index contributed by atoms with van der Waals surface area (Å²) in [5, 5.41) is 20.6. The zero-order valence-electron chi connectivity index (χ0n) is 15.3. The van der Waals surface area contributed by atoms with Crippen LogP contribution in [0.3, 0.4) is 0 Å². The molecule has 1 aromatic heterocycles. The van der Waals surface area contributed by atoms with Crippen molar-refractivity contribution in [3.8, 4) is 22.9 Å². The van der Waals surface area contributed by atoms with E-state index in [1.807, 2.05) is 36.4 Å². The first-order chi connectivity index (χ1) is 13.6. The Bertz CT molecular complexity index is 1190. The van der Waals surface area contributed by atoms with Gasteiger partial charge in [0.25, 0.3) is 0 Å². The number of aromatic amines is 1. The lowest BCUT2D eigenvalue weighted by molar-refractivity contribution is 0.414. The molecule has 3 N–H and O–H groups in total. The normalized spacial score (nSPS) is 11.0.